The van der Waals surface area contributed by atoms with Gasteiger partial charge in [-0.25, -0.2) is 0 Å². The van der Waals surface area contributed by atoms with Gasteiger partial charge >= 0.3 is 0 Å². The van der Waals surface area contributed by atoms with Crippen LogP contribution in [0.3, 0.4) is 0 Å². The highest BCUT2D eigenvalue weighted by Crippen LogP contribution is 2.30. The molecule has 1 N–H and O–H groups in total. The first-order valence-electron chi connectivity index (χ1n) is 7.40. The first-order chi connectivity index (χ1) is 9.33. The van der Waals surface area contributed by atoms with E-state index in [-0.39, 0.29) is 11.9 Å². The normalized spacial score (nSPS) is 24.9. The van der Waals surface area contributed by atoms with Crippen molar-refractivity contribution in [2.45, 2.75) is 50.6 Å². The van der Waals surface area contributed by atoms with E-state index in [1.54, 1.807) is 6.26 Å². The molecule has 3 rings (SSSR count). The molecular weight excluding hydrogens is 240 g/mol. The van der Waals surface area contributed by atoms with Gasteiger partial charge in [-0.1, -0.05) is 12.8 Å². The second-order valence-electron chi connectivity index (χ2n) is 5.69. The highest BCUT2D eigenvalue weighted by molar-refractivity contribution is 5.78. The highest BCUT2D eigenvalue weighted by atomic mass is 16.3. The number of nitrogens with one attached hydrogen (secondary N) is 1. The molecule has 1 aromatic heterocycles. The van der Waals surface area contributed by atoms with Crippen molar-refractivity contribution in [3.63, 3.8) is 0 Å². The lowest BCUT2D eigenvalue weighted by atomic mass is 10.1. The molecule has 1 aliphatic heterocycles. The number of likely N-dealkylation sites (tertiary alicyclic amines) is 1. The molecule has 1 unspecified atom stereocenters. The Labute approximate surface area is 114 Å². The number of hydrogen-bond acceptors (Lipinski definition) is 3. The van der Waals surface area contributed by atoms with Gasteiger partial charge in [-0.3, -0.25) is 9.69 Å². The Morgan fingerprint density at radius 1 is 1.32 bits per heavy atom. The zero-order chi connectivity index (χ0) is 13.1. The summed E-state index contributed by atoms with van der Waals surface area (Å²) in [5.41, 5.74) is 0. The summed E-state index contributed by atoms with van der Waals surface area (Å²) in [7, 11) is 0. The number of hydrogen-bond donors (Lipinski definition) is 1. The van der Waals surface area contributed by atoms with Crippen molar-refractivity contribution < 1.29 is 9.21 Å². The van der Waals surface area contributed by atoms with E-state index in [0.29, 0.717) is 12.6 Å². The number of carbonyl (C=O) groups excluding carboxylic acids is 1. The Bertz CT molecular complexity index is 412. The van der Waals surface area contributed by atoms with E-state index in [4.69, 9.17) is 4.42 Å². The van der Waals surface area contributed by atoms with Crippen LogP contribution in [-0.4, -0.2) is 29.9 Å². The first kappa shape index (κ1) is 12.7. The Balaban J connectivity index is 1.65. The lowest BCUT2D eigenvalue weighted by Crippen LogP contribution is -2.40. The predicted molar refractivity (Wildman–Crippen MR) is 72.7 cm³/mol. The summed E-state index contributed by atoms with van der Waals surface area (Å²) in [6, 6.07) is 4.67. The van der Waals surface area contributed by atoms with E-state index < -0.39 is 0 Å². The van der Waals surface area contributed by atoms with Gasteiger partial charge in [0.05, 0.1) is 18.8 Å². The maximum atomic E-state index is 12.0. The van der Waals surface area contributed by atoms with Crippen molar-refractivity contribution in [1.29, 1.82) is 0 Å². The first-order valence-corrected chi connectivity index (χ1v) is 7.40. The molecule has 1 atom stereocenters. The third-order valence-electron chi connectivity index (χ3n) is 4.02. The van der Waals surface area contributed by atoms with Gasteiger partial charge in [0, 0.05) is 6.04 Å². The van der Waals surface area contributed by atoms with Crippen molar-refractivity contribution in [1.82, 2.24) is 10.2 Å². The summed E-state index contributed by atoms with van der Waals surface area (Å²) in [5.74, 6) is 1.17. The number of furan rings is 1. The van der Waals surface area contributed by atoms with Crippen LogP contribution in [0.15, 0.2) is 22.8 Å². The average Bonchev–Trinajstić information content (AvgIpc) is 3.10. The largest absolute Gasteiger partial charge is 0.468 e. The van der Waals surface area contributed by atoms with Crippen LogP contribution in [0.2, 0.25) is 0 Å². The van der Waals surface area contributed by atoms with Crippen molar-refractivity contribution >= 4 is 5.91 Å². The molecule has 104 valence electrons. The standard InChI is InChI=1S/C15H22N2O2/c18-15(16-12-7-8-12)11-17-9-3-1-2-5-13(17)14-6-4-10-19-14/h4,6,10,12-13H,1-3,5,7-9,11H2,(H,16,18). The smallest absolute Gasteiger partial charge is 0.234 e. The SMILES string of the molecule is O=C(CN1CCCCCC1c1ccco1)NC1CC1. The predicted octanol–water partition coefficient (Wildman–Crippen LogP) is 2.48. The second-order valence-corrected chi connectivity index (χ2v) is 5.69. The molecule has 0 aromatic carbocycles. The van der Waals surface area contributed by atoms with E-state index in [1.807, 2.05) is 12.1 Å². The van der Waals surface area contributed by atoms with E-state index in [9.17, 15) is 4.79 Å². The monoisotopic (exact) mass is 262 g/mol. The van der Waals surface area contributed by atoms with Gasteiger partial charge in [0.1, 0.15) is 5.76 Å². The maximum Gasteiger partial charge on any atom is 0.234 e. The van der Waals surface area contributed by atoms with Crippen LogP contribution < -0.4 is 5.32 Å². The number of amides is 1. The molecule has 1 saturated heterocycles. The molecule has 2 fully saturated rings. The van der Waals surface area contributed by atoms with Gasteiger partial charge in [0.25, 0.3) is 0 Å². The molecule has 1 aromatic rings. The summed E-state index contributed by atoms with van der Waals surface area (Å²) in [6.45, 7) is 1.49. The zero-order valence-electron chi connectivity index (χ0n) is 11.3. The van der Waals surface area contributed by atoms with Gasteiger partial charge in [-0.05, 0) is 44.4 Å². The number of carbonyl (C=O) groups is 1. The molecular formula is C15H22N2O2. The molecule has 4 nitrogen and oxygen atoms in total. The van der Waals surface area contributed by atoms with Crippen LogP contribution in [0.5, 0.6) is 0 Å². The summed E-state index contributed by atoms with van der Waals surface area (Å²) >= 11 is 0. The topological polar surface area (TPSA) is 45.5 Å². The van der Waals surface area contributed by atoms with Crippen molar-refractivity contribution in [3.05, 3.63) is 24.2 Å². The van der Waals surface area contributed by atoms with E-state index in [0.717, 1.165) is 31.6 Å². The fraction of sp³-hybridized carbons (Fsp3) is 0.667. The molecule has 1 aliphatic carbocycles. The van der Waals surface area contributed by atoms with Gasteiger partial charge in [0.15, 0.2) is 0 Å². The average molecular weight is 262 g/mol. The Kier molecular flexibility index (Phi) is 3.87. The minimum atomic E-state index is 0.168. The molecule has 0 radical (unpaired) electrons. The fourth-order valence-corrected chi connectivity index (χ4v) is 2.85. The molecule has 19 heavy (non-hydrogen) atoms. The molecule has 2 aliphatic rings. The second kappa shape index (κ2) is 5.78. The lowest BCUT2D eigenvalue weighted by molar-refractivity contribution is -0.123. The Hall–Kier alpha value is -1.29. The van der Waals surface area contributed by atoms with E-state index in [2.05, 4.69) is 10.2 Å². The zero-order valence-corrected chi connectivity index (χ0v) is 11.3. The van der Waals surface area contributed by atoms with E-state index >= 15 is 0 Å². The summed E-state index contributed by atoms with van der Waals surface area (Å²) in [6.07, 6.45) is 8.74. The van der Waals surface area contributed by atoms with Crippen LogP contribution in [0.4, 0.5) is 0 Å². The van der Waals surface area contributed by atoms with Crippen LogP contribution >= 0.6 is 0 Å². The van der Waals surface area contributed by atoms with Gasteiger partial charge < -0.3 is 9.73 Å². The van der Waals surface area contributed by atoms with Crippen LogP contribution in [0.25, 0.3) is 0 Å². The molecule has 2 heterocycles. The van der Waals surface area contributed by atoms with Crippen molar-refractivity contribution in [2.24, 2.45) is 0 Å². The van der Waals surface area contributed by atoms with Crippen LogP contribution in [0, 0.1) is 0 Å². The third-order valence-corrected chi connectivity index (χ3v) is 4.02. The van der Waals surface area contributed by atoms with Crippen molar-refractivity contribution in [2.75, 3.05) is 13.1 Å². The van der Waals surface area contributed by atoms with Gasteiger partial charge in [0.2, 0.25) is 5.91 Å². The number of nitrogens with zero attached hydrogens (tertiary/aromatic N) is 1. The Morgan fingerprint density at radius 2 is 2.21 bits per heavy atom. The van der Waals surface area contributed by atoms with E-state index in [1.165, 1.54) is 19.3 Å². The van der Waals surface area contributed by atoms with Gasteiger partial charge in [-0.2, -0.15) is 0 Å². The molecule has 1 amide bonds. The lowest BCUT2D eigenvalue weighted by Gasteiger charge is -2.27. The molecule has 4 heteroatoms. The summed E-state index contributed by atoms with van der Waals surface area (Å²) in [4.78, 5) is 14.3. The number of rotatable bonds is 4. The quantitative estimate of drug-likeness (QED) is 0.906. The van der Waals surface area contributed by atoms with Crippen molar-refractivity contribution in [3.8, 4) is 0 Å². The Morgan fingerprint density at radius 3 is 2.95 bits per heavy atom. The van der Waals surface area contributed by atoms with Crippen LogP contribution in [-0.2, 0) is 4.79 Å². The minimum absolute atomic E-state index is 0.168. The van der Waals surface area contributed by atoms with Crippen LogP contribution in [0.1, 0.15) is 50.3 Å². The minimum Gasteiger partial charge on any atom is -0.468 e. The maximum absolute atomic E-state index is 12.0. The molecule has 1 saturated carbocycles. The van der Waals surface area contributed by atoms with Gasteiger partial charge in [-0.15, -0.1) is 0 Å². The molecule has 0 bridgehead atoms. The highest BCUT2D eigenvalue weighted by Gasteiger charge is 2.28. The fourth-order valence-electron chi connectivity index (χ4n) is 2.85. The summed E-state index contributed by atoms with van der Waals surface area (Å²) in [5, 5.41) is 3.08. The third kappa shape index (κ3) is 3.38. The summed E-state index contributed by atoms with van der Waals surface area (Å²) < 4.78 is 5.56. The molecule has 0 spiro atoms.